The summed E-state index contributed by atoms with van der Waals surface area (Å²) in [5.41, 5.74) is 1.10. The van der Waals surface area contributed by atoms with E-state index in [1.165, 1.54) is 27.2 Å². The minimum atomic E-state index is -0.963. The molecule has 1 aliphatic rings. The number of hydrogen-bond acceptors (Lipinski definition) is 7. The topological polar surface area (TPSA) is 92.3 Å². The van der Waals surface area contributed by atoms with Crippen molar-refractivity contribution in [2.24, 2.45) is 0 Å². The van der Waals surface area contributed by atoms with E-state index in [-0.39, 0.29) is 18.9 Å². The molecular formula is C20H21NO7. The van der Waals surface area contributed by atoms with Crippen LogP contribution in [0.5, 0.6) is 23.0 Å². The molecule has 1 amide bonds. The van der Waals surface area contributed by atoms with Crippen molar-refractivity contribution in [3.05, 3.63) is 47.5 Å². The van der Waals surface area contributed by atoms with E-state index < -0.39 is 18.0 Å². The minimum absolute atomic E-state index is 0.189. The van der Waals surface area contributed by atoms with E-state index in [9.17, 15) is 9.59 Å². The number of carbonyl (C=O) groups excluding carboxylic acids is 2. The number of ether oxygens (including phenoxy) is 5. The van der Waals surface area contributed by atoms with Gasteiger partial charge in [0.25, 0.3) is 5.91 Å². The molecule has 2 aromatic carbocycles. The van der Waals surface area contributed by atoms with Crippen LogP contribution in [0.25, 0.3) is 0 Å². The van der Waals surface area contributed by atoms with E-state index in [4.69, 9.17) is 23.7 Å². The molecule has 2 aromatic rings. The number of rotatable bonds is 7. The lowest BCUT2D eigenvalue weighted by molar-refractivity contribution is -0.129. The maximum absolute atomic E-state index is 12.3. The first-order valence-electron chi connectivity index (χ1n) is 8.61. The van der Waals surface area contributed by atoms with Crippen LogP contribution in [0.3, 0.4) is 0 Å². The lowest BCUT2D eigenvalue weighted by Crippen LogP contribution is -2.35. The summed E-state index contributed by atoms with van der Waals surface area (Å²) in [6, 6.07) is 10.0. The van der Waals surface area contributed by atoms with Gasteiger partial charge in [-0.25, -0.2) is 4.79 Å². The molecule has 1 atom stereocenters. The molecule has 1 aliphatic heterocycles. The summed E-state index contributed by atoms with van der Waals surface area (Å²) < 4.78 is 26.1. The van der Waals surface area contributed by atoms with E-state index in [1.807, 2.05) is 6.07 Å². The monoisotopic (exact) mass is 387 g/mol. The van der Waals surface area contributed by atoms with Crippen LogP contribution in [0.4, 0.5) is 0 Å². The van der Waals surface area contributed by atoms with E-state index in [1.54, 1.807) is 24.3 Å². The van der Waals surface area contributed by atoms with E-state index >= 15 is 0 Å². The smallest absolute Gasteiger partial charge is 0.339 e. The molecule has 8 heteroatoms. The van der Waals surface area contributed by atoms with Gasteiger partial charge in [0, 0.05) is 6.54 Å². The molecule has 1 N–H and O–H groups in total. The van der Waals surface area contributed by atoms with Crippen molar-refractivity contribution >= 4 is 11.9 Å². The van der Waals surface area contributed by atoms with Gasteiger partial charge >= 0.3 is 5.97 Å². The molecule has 0 radical (unpaired) electrons. The standard InChI is InChI=1S/C20H21NO7/c1-12(28-20(23)14-5-7-15(24-2)17(9-14)25-3)19(22)21-10-13-4-6-16-18(8-13)27-11-26-16/h4-9,12H,10-11H2,1-3H3,(H,21,22)/t12-/m1/s1. The summed E-state index contributed by atoms with van der Waals surface area (Å²) in [6.45, 7) is 1.97. The summed E-state index contributed by atoms with van der Waals surface area (Å²) in [7, 11) is 2.97. The number of esters is 1. The predicted octanol–water partition coefficient (Wildman–Crippen LogP) is 2.29. The summed E-state index contributed by atoms with van der Waals surface area (Å²) in [5, 5.41) is 2.73. The molecule has 1 heterocycles. The fourth-order valence-corrected chi connectivity index (χ4v) is 2.63. The molecule has 0 bridgehead atoms. The highest BCUT2D eigenvalue weighted by atomic mass is 16.7. The fourth-order valence-electron chi connectivity index (χ4n) is 2.63. The Morgan fingerprint density at radius 3 is 2.54 bits per heavy atom. The first-order chi connectivity index (χ1) is 13.5. The first kappa shape index (κ1) is 19.3. The molecule has 148 valence electrons. The van der Waals surface area contributed by atoms with Gasteiger partial charge in [-0.3, -0.25) is 4.79 Å². The summed E-state index contributed by atoms with van der Waals surface area (Å²) in [5.74, 6) is 1.16. The molecule has 28 heavy (non-hydrogen) atoms. The third-order valence-corrected chi connectivity index (χ3v) is 4.18. The molecule has 0 unspecified atom stereocenters. The van der Waals surface area contributed by atoms with Gasteiger partial charge in [0.05, 0.1) is 19.8 Å². The first-order valence-corrected chi connectivity index (χ1v) is 8.61. The Kier molecular flexibility index (Phi) is 5.88. The Morgan fingerprint density at radius 2 is 1.79 bits per heavy atom. The Morgan fingerprint density at radius 1 is 1.04 bits per heavy atom. The number of carbonyl (C=O) groups is 2. The van der Waals surface area contributed by atoms with E-state index in [0.717, 1.165) is 5.56 Å². The van der Waals surface area contributed by atoms with Gasteiger partial charge in [0.15, 0.2) is 29.1 Å². The lowest BCUT2D eigenvalue weighted by atomic mass is 10.2. The highest BCUT2D eigenvalue weighted by molar-refractivity contribution is 5.92. The van der Waals surface area contributed by atoms with Crippen LogP contribution in [0.1, 0.15) is 22.8 Å². The number of fused-ring (bicyclic) bond motifs is 1. The maximum Gasteiger partial charge on any atom is 0.339 e. The molecule has 0 saturated heterocycles. The predicted molar refractivity (Wildman–Crippen MR) is 98.8 cm³/mol. The average Bonchev–Trinajstić information content (AvgIpc) is 3.19. The van der Waals surface area contributed by atoms with Crippen LogP contribution in [0, 0.1) is 0 Å². The Bertz CT molecular complexity index is 881. The van der Waals surface area contributed by atoms with Crippen LogP contribution in [-0.4, -0.2) is 39.0 Å². The number of hydrogen-bond donors (Lipinski definition) is 1. The van der Waals surface area contributed by atoms with Crippen molar-refractivity contribution in [1.82, 2.24) is 5.32 Å². The zero-order valence-electron chi connectivity index (χ0n) is 15.8. The van der Waals surface area contributed by atoms with Gasteiger partial charge in [-0.05, 0) is 42.8 Å². The van der Waals surface area contributed by atoms with Gasteiger partial charge < -0.3 is 29.0 Å². The number of methoxy groups -OCH3 is 2. The van der Waals surface area contributed by atoms with Crippen LogP contribution < -0.4 is 24.3 Å². The van der Waals surface area contributed by atoms with E-state index in [0.29, 0.717) is 23.0 Å². The Balaban J connectivity index is 1.55. The largest absolute Gasteiger partial charge is 0.493 e. The molecule has 3 rings (SSSR count). The molecular weight excluding hydrogens is 366 g/mol. The van der Waals surface area contributed by atoms with Crippen molar-refractivity contribution < 1.29 is 33.3 Å². The van der Waals surface area contributed by atoms with Crippen molar-refractivity contribution in [3.8, 4) is 23.0 Å². The zero-order valence-corrected chi connectivity index (χ0v) is 15.8. The highest BCUT2D eigenvalue weighted by Crippen LogP contribution is 2.32. The normalized spacial score (nSPS) is 12.8. The third-order valence-electron chi connectivity index (χ3n) is 4.18. The molecule has 0 spiro atoms. The quantitative estimate of drug-likeness (QED) is 0.729. The molecule has 0 aromatic heterocycles. The minimum Gasteiger partial charge on any atom is -0.493 e. The van der Waals surface area contributed by atoms with Crippen molar-refractivity contribution in [3.63, 3.8) is 0 Å². The Labute approximate surface area is 162 Å². The van der Waals surface area contributed by atoms with Gasteiger partial charge in [0.2, 0.25) is 6.79 Å². The van der Waals surface area contributed by atoms with Gasteiger partial charge in [-0.15, -0.1) is 0 Å². The average molecular weight is 387 g/mol. The summed E-state index contributed by atoms with van der Waals surface area (Å²) in [6.07, 6.45) is -0.963. The second-order valence-corrected chi connectivity index (χ2v) is 6.02. The maximum atomic E-state index is 12.3. The molecule has 0 aliphatic carbocycles. The third kappa shape index (κ3) is 4.28. The van der Waals surface area contributed by atoms with Crippen LogP contribution in [0.2, 0.25) is 0 Å². The second-order valence-electron chi connectivity index (χ2n) is 6.02. The highest BCUT2D eigenvalue weighted by Gasteiger charge is 2.20. The lowest BCUT2D eigenvalue weighted by Gasteiger charge is -2.14. The molecule has 0 fully saturated rings. The van der Waals surface area contributed by atoms with Crippen molar-refractivity contribution in [2.45, 2.75) is 19.6 Å². The molecule has 8 nitrogen and oxygen atoms in total. The van der Waals surface area contributed by atoms with Crippen molar-refractivity contribution in [1.29, 1.82) is 0 Å². The van der Waals surface area contributed by atoms with Crippen molar-refractivity contribution in [2.75, 3.05) is 21.0 Å². The number of benzene rings is 2. The van der Waals surface area contributed by atoms with Crippen LogP contribution in [-0.2, 0) is 16.1 Å². The summed E-state index contributed by atoms with van der Waals surface area (Å²) >= 11 is 0. The second kappa shape index (κ2) is 8.51. The molecule has 0 saturated carbocycles. The van der Waals surface area contributed by atoms with Gasteiger partial charge in [0.1, 0.15) is 0 Å². The summed E-state index contributed by atoms with van der Waals surface area (Å²) in [4.78, 5) is 24.6. The zero-order chi connectivity index (χ0) is 20.1. The van der Waals surface area contributed by atoms with Crippen LogP contribution >= 0.6 is 0 Å². The van der Waals surface area contributed by atoms with E-state index in [2.05, 4.69) is 5.32 Å². The van der Waals surface area contributed by atoms with Gasteiger partial charge in [-0.2, -0.15) is 0 Å². The number of amides is 1. The fraction of sp³-hybridized carbons (Fsp3) is 0.300. The SMILES string of the molecule is COc1ccc(C(=O)O[C@H](C)C(=O)NCc2ccc3c(c2)OCO3)cc1OC. The Hall–Kier alpha value is -3.42. The number of nitrogens with one attached hydrogen (secondary N) is 1. The van der Waals surface area contributed by atoms with Gasteiger partial charge in [-0.1, -0.05) is 6.07 Å². The van der Waals surface area contributed by atoms with Crippen LogP contribution in [0.15, 0.2) is 36.4 Å².